The van der Waals surface area contributed by atoms with E-state index < -0.39 is 17.5 Å². The van der Waals surface area contributed by atoms with E-state index in [4.69, 9.17) is 0 Å². The maximum atomic E-state index is 13.3. The molecule has 144 valence electrons. The SMILES string of the molecule is C/C=C/[C@H]1CC[C@H]([C@H]2CC[C@H](CCc3cc(F)c(F)c(F)c3)CC2)CC1. The second kappa shape index (κ2) is 9.10. The van der Waals surface area contributed by atoms with E-state index in [1.54, 1.807) is 0 Å². The molecule has 1 aromatic rings. The Labute approximate surface area is 155 Å². The summed E-state index contributed by atoms with van der Waals surface area (Å²) in [4.78, 5) is 0. The highest BCUT2D eigenvalue weighted by atomic mass is 19.2. The van der Waals surface area contributed by atoms with Crippen LogP contribution in [0.5, 0.6) is 0 Å². The molecular weight excluding hydrogens is 333 g/mol. The van der Waals surface area contributed by atoms with E-state index in [0.717, 1.165) is 36.3 Å². The fourth-order valence-electron chi connectivity index (χ4n) is 5.15. The summed E-state index contributed by atoms with van der Waals surface area (Å²) in [5.41, 5.74) is 0.575. The van der Waals surface area contributed by atoms with Crippen molar-refractivity contribution in [2.75, 3.05) is 0 Å². The number of benzene rings is 1. The Morgan fingerprint density at radius 1 is 0.846 bits per heavy atom. The highest BCUT2D eigenvalue weighted by Gasteiger charge is 2.30. The van der Waals surface area contributed by atoms with Crippen LogP contribution in [-0.2, 0) is 6.42 Å². The van der Waals surface area contributed by atoms with Crippen LogP contribution in [0.4, 0.5) is 13.2 Å². The molecule has 3 heteroatoms. The first-order chi connectivity index (χ1) is 12.6. The summed E-state index contributed by atoms with van der Waals surface area (Å²) in [6.45, 7) is 2.11. The molecule has 2 fully saturated rings. The summed E-state index contributed by atoms with van der Waals surface area (Å²) in [5.74, 6) is -0.296. The molecule has 2 aliphatic carbocycles. The van der Waals surface area contributed by atoms with Crippen molar-refractivity contribution < 1.29 is 13.2 Å². The zero-order valence-corrected chi connectivity index (χ0v) is 15.8. The van der Waals surface area contributed by atoms with Gasteiger partial charge < -0.3 is 0 Å². The van der Waals surface area contributed by atoms with Gasteiger partial charge in [-0.15, -0.1) is 0 Å². The van der Waals surface area contributed by atoms with Gasteiger partial charge in [0.25, 0.3) is 0 Å². The van der Waals surface area contributed by atoms with Gasteiger partial charge in [-0.2, -0.15) is 0 Å². The van der Waals surface area contributed by atoms with Crippen molar-refractivity contribution >= 4 is 0 Å². The minimum absolute atomic E-state index is 0.575. The van der Waals surface area contributed by atoms with Crippen LogP contribution in [0, 0.1) is 41.1 Å². The van der Waals surface area contributed by atoms with Gasteiger partial charge in [-0.25, -0.2) is 13.2 Å². The van der Waals surface area contributed by atoms with Gasteiger partial charge in [0, 0.05) is 0 Å². The van der Waals surface area contributed by atoms with Crippen LogP contribution in [0.3, 0.4) is 0 Å². The zero-order valence-electron chi connectivity index (χ0n) is 15.8. The number of hydrogen-bond donors (Lipinski definition) is 0. The van der Waals surface area contributed by atoms with Crippen molar-refractivity contribution in [2.24, 2.45) is 23.7 Å². The van der Waals surface area contributed by atoms with Gasteiger partial charge in [-0.05, 0) is 99.7 Å². The molecular formula is C23H31F3. The lowest BCUT2D eigenvalue weighted by molar-refractivity contribution is 0.152. The monoisotopic (exact) mass is 364 g/mol. The third kappa shape index (κ3) is 4.92. The lowest BCUT2D eigenvalue weighted by atomic mass is 9.68. The Hall–Kier alpha value is -1.25. The van der Waals surface area contributed by atoms with E-state index >= 15 is 0 Å². The van der Waals surface area contributed by atoms with Crippen LogP contribution in [-0.4, -0.2) is 0 Å². The molecule has 0 spiro atoms. The summed E-state index contributed by atoms with van der Waals surface area (Å²) in [7, 11) is 0. The molecule has 0 aromatic heterocycles. The van der Waals surface area contributed by atoms with Crippen molar-refractivity contribution in [1.29, 1.82) is 0 Å². The van der Waals surface area contributed by atoms with Gasteiger partial charge in [-0.3, -0.25) is 0 Å². The normalized spacial score (nSPS) is 30.0. The molecule has 0 heterocycles. The average molecular weight is 364 g/mol. The predicted molar refractivity (Wildman–Crippen MR) is 100 cm³/mol. The number of halogens is 3. The molecule has 1 aromatic carbocycles. The molecule has 2 aliphatic rings. The molecule has 3 rings (SSSR count). The smallest absolute Gasteiger partial charge is 0.194 e. The maximum Gasteiger partial charge on any atom is 0.194 e. The molecule has 0 unspecified atom stereocenters. The largest absolute Gasteiger partial charge is 0.204 e. The number of rotatable bonds is 5. The van der Waals surface area contributed by atoms with Gasteiger partial charge in [0.05, 0.1) is 0 Å². The Morgan fingerprint density at radius 3 is 1.92 bits per heavy atom. The molecule has 26 heavy (non-hydrogen) atoms. The minimum atomic E-state index is -1.36. The maximum absolute atomic E-state index is 13.3. The summed E-state index contributed by atoms with van der Waals surface area (Å²) >= 11 is 0. The summed E-state index contributed by atoms with van der Waals surface area (Å²) in [6, 6.07) is 2.29. The van der Waals surface area contributed by atoms with Crippen molar-refractivity contribution in [3.05, 3.63) is 47.3 Å². The Bertz CT molecular complexity index is 583. The topological polar surface area (TPSA) is 0 Å². The van der Waals surface area contributed by atoms with Gasteiger partial charge in [0.15, 0.2) is 17.5 Å². The zero-order chi connectivity index (χ0) is 18.5. The van der Waals surface area contributed by atoms with E-state index in [9.17, 15) is 13.2 Å². The van der Waals surface area contributed by atoms with E-state index in [0.29, 0.717) is 17.9 Å². The van der Waals surface area contributed by atoms with Crippen molar-refractivity contribution in [1.82, 2.24) is 0 Å². The standard InChI is InChI=1S/C23H31F3/c1-2-3-16-6-10-19(11-7-16)20-12-8-17(9-13-20)4-5-18-14-21(24)23(26)22(25)15-18/h2-3,14-17,19-20H,4-13H2,1H3/b3-2+/t16-,17-,19-,20-. The van der Waals surface area contributed by atoms with Gasteiger partial charge >= 0.3 is 0 Å². The molecule has 0 atom stereocenters. The second-order valence-electron chi connectivity index (χ2n) is 8.39. The van der Waals surface area contributed by atoms with Crippen LogP contribution in [0.15, 0.2) is 24.3 Å². The fraction of sp³-hybridized carbons (Fsp3) is 0.652. The molecule has 0 amide bonds. The van der Waals surface area contributed by atoms with Crippen molar-refractivity contribution in [3.63, 3.8) is 0 Å². The summed E-state index contributed by atoms with van der Waals surface area (Å²) in [6.07, 6.45) is 16.6. The number of hydrogen-bond acceptors (Lipinski definition) is 0. The minimum Gasteiger partial charge on any atom is -0.204 e. The van der Waals surface area contributed by atoms with Gasteiger partial charge in [0.2, 0.25) is 0 Å². The van der Waals surface area contributed by atoms with Crippen molar-refractivity contribution in [2.45, 2.75) is 71.1 Å². The lowest BCUT2D eigenvalue weighted by Gasteiger charge is -2.37. The first-order valence-corrected chi connectivity index (χ1v) is 10.3. The first kappa shape index (κ1) is 19.5. The highest BCUT2D eigenvalue weighted by Crippen LogP contribution is 2.42. The quantitative estimate of drug-likeness (QED) is 0.382. The molecule has 0 nitrogen and oxygen atoms in total. The number of allylic oxidation sites excluding steroid dienone is 2. The van der Waals surface area contributed by atoms with E-state index in [2.05, 4.69) is 19.1 Å². The van der Waals surface area contributed by atoms with Crippen LogP contribution in [0.1, 0.15) is 70.3 Å². The van der Waals surface area contributed by atoms with E-state index in [-0.39, 0.29) is 0 Å². The summed E-state index contributed by atoms with van der Waals surface area (Å²) in [5, 5.41) is 0. The lowest BCUT2D eigenvalue weighted by Crippen LogP contribution is -2.25. The van der Waals surface area contributed by atoms with E-state index in [1.165, 1.54) is 51.4 Å². The van der Waals surface area contributed by atoms with Crippen LogP contribution < -0.4 is 0 Å². The summed E-state index contributed by atoms with van der Waals surface area (Å²) < 4.78 is 39.7. The third-order valence-corrected chi connectivity index (χ3v) is 6.72. The Kier molecular flexibility index (Phi) is 6.83. The van der Waals surface area contributed by atoms with E-state index in [1.807, 2.05) is 0 Å². The molecule has 0 saturated heterocycles. The van der Waals surface area contributed by atoms with Crippen LogP contribution in [0.2, 0.25) is 0 Å². The highest BCUT2D eigenvalue weighted by molar-refractivity contribution is 5.19. The molecule has 0 aliphatic heterocycles. The fourth-order valence-corrected chi connectivity index (χ4v) is 5.15. The molecule has 0 N–H and O–H groups in total. The van der Waals surface area contributed by atoms with Gasteiger partial charge in [0.1, 0.15) is 0 Å². The second-order valence-corrected chi connectivity index (χ2v) is 8.39. The molecule has 0 radical (unpaired) electrons. The van der Waals surface area contributed by atoms with Crippen LogP contribution in [0.25, 0.3) is 0 Å². The van der Waals surface area contributed by atoms with Crippen LogP contribution >= 0.6 is 0 Å². The predicted octanol–water partition coefficient (Wildman–Crippen LogP) is 7.23. The third-order valence-electron chi connectivity index (χ3n) is 6.72. The Morgan fingerprint density at radius 2 is 1.38 bits per heavy atom. The van der Waals surface area contributed by atoms with Crippen molar-refractivity contribution in [3.8, 4) is 0 Å². The number of aryl methyl sites for hydroxylation is 1. The molecule has 0 bridgehead atoms. The first-order valence-electron chi connectivity index (χ1n) is 10.3. The van der Waals surface area contributed by atoms with Gasteiger partial charge in [-0.1, -0.05) is 25.0 Å². The average Bonchev–Trinajstić information content (AvgIpc) is 2.66. The Balaban J connectivity index is 1.42. The molecule has 2 saturated carbocycles.